The number of primary amides is 1. The number of carbonyl (C=O) groups is 1. The van der Waals surface area contributed by atoms with Gasteiger partial charge in [0.15, 0.2) is 6.54 Å². The number of nitrogens with zero attached hydrogens (tertiary/aromatic N) is 2. The second-order valence-corrected chi connectivity index (χ2v) is 5.71. The second-order valence-electron chi connectivity index (χ2n) is 5.71. The van der Waals surface area contributed by atoms with Crippen LogP contribution in [0.1, 0.15) is 6.42 Å². The Morgan fingerprint density at radius 3 is 2.60 bits per heavy atom. The molecule has 7 heteroatoms. The summed E-state index contributed by atoms with van der Waals surface area (Å²) in [6, 6.07) is 13.6. The third kappa shape index (κ3) is 3.71. The zero-order chi connectivity index (χ0) is 17.8. The normalized spacial score (nSPS) is 10.9. The van der Waals surface area contributed by atoms with Crippen molar-refractivity contribution in [3.05, 3.63) is 54.3 Å². The predicted molar refractivity (Wildman–Crippen MR) is 92.3 cm³/mol. The first-order valence-corrected chi connectivity index (χ1v) is 7.99. The number of hydrogen-bond donors (Lipinski definition) is 2. The number of aromatic nitrogens is 2. The van der Waals surface area contributed by atoms with Gasteiger partial charge in [0.25, 0.3) is 5.91 Å². The number of nitrogen functional groups attached to an aromatic ring is 1. The van der Waals surface area contributed by atoms with Crippen LogP contribution >= 0.6 is 0 Å². The van der Waals surface area contributed by atoms with E-state index in [1.807, 2.05) is 28.8 Å². The summed E-state index contributed by atoms with van der Waals surface area (Å²) in [5.41, 5.74) is 13.3. The van der Waals surface area contributed by atoms with Crippen LogP contribution in [0, 0.1) is 5.82 Å². The summed E-state index contributed by atoms with van der Waals surface area (Å²) < 4.78 is 22.1. The van der Waals surface area contributed by atoms with E-state index in [9.17, 15) is 9.18 Å². The topological polar surface area (TPSA) is 87.2 Å². The minimum absolute atomic E-state index is 0.0332. The highest BCUT2D eigenvalue weighted by molar-refractivity contribution is 5.76. The second kappa shape index (κ2) is 7.21. The van der Waals surface area contributed by atoms with Crippen LogP contribution in [-0.4, -0.2) is 17.1 Å². The summed E-state index contributed by atoms with van der Waals surface area (Å²) in [5, 5.41) is 0. The zero-order valence-electron chi connectivity index (χ0n) is 13.7. The van der Waals surface area contributed by atoms with Gasteiger partial charge in [-0.05, 0) is 36.4 Å². The van der Waals surface area contributed by atoms with E-state index in [1.165, 1.54) is 12.1 Å². The molecule has 0 saturated heterocycles. The number of hydrogen-bond acceptors (Lipinski definition) is 3. The minimum Gasteiger partial charge on any atom is -0.493 e. The van der Waals surface area contributed by atoms with Gasteiger partial charge in [0.05, 0.1) is 13.2 Å². The average molecular weight is 343 g/mol. The molecular formula is C18H20FN4O2+. The lowest BCUT2D eigenvalue weighted by Crippen LogP contribution is -2.42. The molecule has 6 nitrogen and oxygen atoms in total. The number of imidazole rings is 1. The molecular weight excluding hydrogens is 323 g/mol. The molecule has 0 fully saturated rings. The van der Waals surface area contributed by atoms with Crippen LogP contribution in [0.4, 0.5) is 10.3 Å². The Morgan fingerprint density at radius 1 is 1.16 bits per heavy atom. The Morgan fingerprint density at radius 2 is 1.88 bits per heavy atom. The van der Waals surface area contributed by atoms with Gasteiger partial charge in [-0.2, -0.15) is 0 Å². The van der Waals surface area contributed by atoms with Crippen molar-refractivity contribution in [3.8, 4) is 5.75 Å². The number of para-hydroxylation sites is 2. The number of carbonyl (C=O) groups excluding carboxylic acids is 1. The summed E-state index contributed by atoms with van der Waals surface area (Å²) in [5.74, 6) is 0.356. The monoisotopic (exact) mass is 343 g/mol. The number of halogens is 1. The smallest absolute Gasteiger partial charge is 0.356 e. The van der Waals surface area contributed by atoms with E-state index in [0.29, 0.717) is 31.3 Å². The SMILES string of the molecule is NC(=O)C[n+]1c(N)n(CCCOc2ccc(F)cc2)c2ccccc21. The predicted octanol–water partition coefficient (Wildman–Crippen LogP) is 1.60. The fraction of sp³-hybridized carbons (Fsp3) is 0.222. The van der Waals surface area contributed by atoms with Gasteiger partial charge < -0.3 is 10.5 Å². The molecule has 0 saturated carbocycles. The third-order valence-electron chi connectivity index (χ3n) is 3.94. The maximum Gasteiger partial charge on any atom is 0.356 e. The summed E-state index contributed by atoms with van der Waals surface area (Å²) in [4.78, 5) is 11.3. The Balaban J connectivity index is 1.71. The van der Waals surface area contributed by atoms with E-state index in [2.05, 4.69) is 0 Å². The largest absolute Gasteiger partial charge is 0.493 e. The highest BCUT2D eigenvalue weighted by Gasteiger charge is 2.21. The lowest BCUT2D eigenvalue weighted by atomic mass is 10.3. The average Bonchev–Trinajstić information content (AvgIpc) is 2.85. The molecule has 25 heavy (non-hydrogen) atoms. The van der Waals surface area contributed by atoms with Crippen LogP contribution in [-0.2, 0) is 17.9 Å². The van der Waals surface area contributed by atoms with Gasteiger partial charge >= 0.3 is 5.95 Å². The molecule has 0 aliphatic heterocycles. The number of benzene rings is 2. The Bertz CT molecular complexity index is 890. The lowest BCUT2D eigenvalue weighted by molar-refractivity contribution is -0.644. The molecule has 0 radical (unpaired) electrons. The van der Waals surface area contributed by atoms with Crippen LogP contribution < -0.4 is 20.8 Å². The molecule has 0 bridgehead atoms. The number of nitrogens with two attached hydrogens (primary N) is 2. The first kappa shape index (κ1) is 16.8. The van der Waals surface area contributed by atoms with Crippen molar-refractivity contribution >= 4 is 22.9 Å². The fourth-order valence-corrected chi connectivity index (χ4v) is 2.81. The first-order valence-electron chi connectivity index (χ1n) is 7.99. The number of anilines is 1. The first-order chi connectivity index (χ1) is 12.1. The Kier molecular flexibility index (Phi) is 4.83. The summed E-state index contributed by atoms with van der Waals surface area (Å²) in [7, 11) is 0. The van der Waals surface area contributed by atoms with Gasteiger partial charge in [-0.3, -0.25) is 10.5 Å². The van der Waals surface area contributed by atoms with Gasteiger partial charge in [0, 0.05) is 6.42 Å². The number of rotatable bonds is 7. The van der Waals surface area contributed by atoms with Crippen molar-refractivity contribution in [2.75, 3.05) is 12.3 Å². The van der Waals surface area contributed by atoms with Crippen LogP contribution in [0.5, 0.6) is 5.75 Å². The molecule has 3 aromatic rings. The number of aryl methyl sites for hydroxylation is 1. The van der Waals surface area contributed by atoms with E-state index in [-0.39, 0.29) is 12.4 Å². The Hall–Kier alpha value is -3.09. The van der Waals surface area contributed by atoms with E-state index < -0.39 is 5.91 Å². The maximum atomic E-state index is 12.9. The van der Waals surface area contributed by atoms with Gasteiger partial charge in [-0.25, -0.2) is 13.5 Å². The van der Waals surface area contributed by atoms with Crippen molar-refractivity contribution < 1.29 is 18.5 Å². The van der Waals surface area contributed by atoms with Crippen LogP contribution in [0.2, 0.25) is 0 Å². The molecule has 130 valence electrons. The molecule has 0 aliphatic carbocycles. The van der Waals surface area contributed by atoms with Crippen molar-refractivity contribution in [2.24, 2.45) is 5.73 Å². The molecule has 4 N–H and O–H groups in total. The molecule has 1 amide bonds. The van der Waals surface area contributed by atoms with E-state index in [1.54, 1.807) is 16.7 Å². The third-order valence-corrected chi connectivity index (χ3v) is 3.94. The molecule has 0 spiro atoms. The Labute approximate surface area is 144 Å². The molecule has 0 aliphatic rings. The minimum atomic E-state index is -0.445. The van der Waals surface area contributed by atoms with Gasteiger partial charge in [-0.15, -0.1) is 0 Å². The van der Waals surface area contributed by atoms with Gasteiger partial charge in [-0.1, -0.05) is 12.1 Å². The van der Waals surface area contributed by atoms with Crippen LogP contribution in [0.3, 0.4) is 0 Å². The molecule has 2 aromatic carbocycles. The molecule has 1 heterocycles. The summed E-state index contributed by atoms with van der Waals surface area (Å²) in [6.07, 6.45) is 0.705. The van der Waals surface area contributed by atoms with Crippen molar-refractivity contribution in [1.29, 1.82) is 0 Å². The van der Waals surface area contributed by atoms with E-state index >= 15 is 0 Å². The summed E-state index contributed by atoms with van der Waals surface area (Å²) >= 11 is 0. The van der Waals surface area contributed by atoms with Crippen LogP contribution in [0.15, 0.2) is 48.5 Å². The molecule has 0 unspecified atom stereocenters. The molecule has 1 aromatic heterocycles. The van der Waals surface area contributed by atoms with E-state index in [0.717, 1.165) is 11.0 Å². The number of fused-ring (bicyclic) bond motifs is 1. The zero-order valence-corrected chi connectivity index (χ0v) is 13.7. The van der Waals surface area contributed by atoms with Gasteiger partial charge in [0.2, 0.25) is 0 Å². The molecule has 3 rings (SSSR count). The van der Waals surface area contributed by atoms with Crippen molar-refractivity contribution in [3.63, 3.8) is 0 Å². The number of ether oxygens (including phenoxy) is 1. The van der Waals surface area contributed by atoms with Gasteiger partial charge in [0.1, 0.15) is 22.6 Å². The van der Waals surface area contributed by atoms with Crippen molar-refractivity contribution in [2.45, 2.75) is 19.5 Å². The summed E-state index contributed by atoms with van der Waals surface area (Å²) in [6.45, 7) is 1.12. The maximum absolute atomic E-state index is 12.9. The molecule has 0 atom stereocenters. The fourth-order valence-electron chi connectivity index (χ4n) is 2.81. The standard InChI is InChI=1S/C18H19FN4O2/c19-13-6-8-14(9-7-13)25-11-3-10-22-15-4-1-2-5-16(15)23(18(22)21)12-17(20)24/h1-2,4-9,21H,3,10-12H2,(H2,20,24)/p+1. The highest BCUT2D eigenvalue weighted by Crippen LogP contribution is 2.17. The van der Waals surface area contributed by atoms with Crippen LogP contribution in [0.25, 0.3) is 11.0 Å². The van der Waals surface area contributed by atoms with Crippen molar-refractivity contribution in [1.82, 2.24) is 4.57 Å². The quantitative estimate of drug-likeness (QED) is 0.505. The highest BCUT2D eigenvalue weighted by atomic mass is 19.1. The lowest BCUT2D eigenvalue weighted by Gasteiger charge is -2.06. The van der Waals surface area contributed by atoms with E-state index in [4.69, 9.17) is 16.2 Å². The number of amides is 1.